The molecule has 0 radical (unpaired) electrons. The van der Waals surface area contributed by atoms with Gasteiger partial charge in [0.2, 0.25) is 0 Å². The summed E-state index contributed by atoms with van der Waals surface area (Å²) in [6, 6.07) is 10.9. The van der Waals surface area contributed by atoms with Gasteiger partial charge < -0.3 is 20.3 Å². The molecule has 1 aromatic carbocycles. The minimum atomic E-state index is 0.0858. The maximum Gasteiger partial charge on any atom is 0.120 e. The summed E-state index contributed by atoms with van der Waals surface area (Å²) in [5, 5.41) is 22.6. The van der Waals surface area contributed by atoms with Crippen molar-refractivity contribution in [3.63, 3.8) is 0 Å². The first kappa shape index (κ1) is 16.3. The van der Waals surface area contributed by atoms with Crippen LogP contribution >= 0.6 is 0 Å². The first-order chi connectivity index (χ1) is 10.7. The van der Waals surface area contributed by atoms with E-state index in [1.54, 1.807) is 31.5 Å². The highest BCUT2D eigenvalue weighted by Crippen LogP contribution is 2.22. The minimum Gasteiger partial charge on any atom is -0.508 e. The average molecular weight is 302 g/mol. The van der Waals surface area contributed by atoms with E-state index in [1.807, 2.05) is 18.2 Å². The third-order valence-electron chi connectivity index (χ3n) is 3.52. The summed E-state index contributed by atoms with van der Waals surface area (Å²) < 4.78 is 5.15. The highest BCUT2D eigenvalue weighted by atomic mass is 16.5. The number of aliphatic hydroxyl groups is 1. The number of aromatic nitrogens is 1. The fourth-order valence-electron chi connectivity index (χ4n) is 2.26. The quantitative estimate of drug-likeness (QED) is 0.692. The lowest BCUT2D eigenvalue weighted by Crippen LogP contribution is -2.26. The molecule has 118 valence electrons. The first-order valence-corrected chi connectivity index (χ1v) is 7.30. The molecule has 0 aliphatic carbocycles. The maximum atomic E-state index is 9.83. The number of ether oxygens (including phenoxy) is 1. The number of benzene rings is 1. The highest BCUT2D eigenvalue weighted by Gasteiger charge is 2.10. The number of nitrogens with one attached hydrogen (secondary N) is 1. The number of phenolic OH excluding ortho intramolecular Hbond substituents is 1. The van der Waals surface area contributed by atoms with E-state index in [0.717, 1.165) is 11.3 Å². The van der Waals surface area contributed by atoms with Crippen LogP contribution < -0.4 is 10.1 Å². The summed E-state index contributed by atoms with van der Waals surface area (Å²) >= 11 is 0. The minimum absolute atomic E-state index is 0.0858. The van der Waals surface area contributed by atoms with Crippen molar-refractivity contribution in [1.82, 2.24) is 10.3 Å². The second-order valence-electron chi connectivity index (χ2n) is 5.20. The second-order valence-corrected chi connectivity index (χ2v) is 5.20. The lowest BCUT2D eigenvalue weighted by molar-refractivity contribution is 0.220. The molecule has 22 heavy (non-hydrogen) atoms. The number of methoxy groups -OCH3 is 1. The monoisotopic (exact) mass is 302 g/mol. The zero-order valence-electron chi connectivity index (χ0n) is 12.7. The summed E-state index contributed by atoms with van der Waals surface area (Å²) in [4.78, 5) is 4.27. The van der Waals surface area contributed by atoms with Crippen LogP contribution in [0.15, 0.2) is 42.6 Å². The van der Waals surface area contributed by atoms with Crippen LogP contribution in [0.2, 0.25) is 0 Å². The Morgan fingerprint density at radius 3 is 2.82 bits per heavy atom. The summed E-state index contributed by atoms with van der Waals surface area (Å²) in [6.07, 6.45) is 2.47. The molecular formula is C17H22N2O3. The second kappa shape index (κ2) is 8.36. The standard InChI is InChI=1S/C17H22N2O3/c1-22-16-5-6-17(21)14(9-16)11-18-10-13(12-20)8-15-4-2-3-7-19-15/h2-7,9,13,18,20-21H,8,10-12H2,1H3. The summed E-state index contributed by atoms with van der Waals surface area (Å²) in [6.45, 7) is 1.25. The predicted molar refractivity (Wildman–Crippen MR) is 84.9 cm³/mol. The third kappa shape index (κ3) is 4.72. The van der Waals surface area contributed by atoms with Crippen molar-refractivity contribution < 1.29 is 14.9 Å². The van der Waals surface area contributed by atoms with E-state index in [0.29, 0.717) is 25.3 Å². The molecule has 0 amide bonds. The Bertz CT molecular complexity index is 575. The molecule has 0 saturated heterocycles. The number of phenols is 1. The number of nitrogens with zero attached hydrogens (tertiary/aromatic N) is 1. The van der Waals surface area contributed by atoms with Gasteiger partial charge in [0, 0.05) is 37.2 Å². The van der Waals surface area contributed by atoms with Gasteiger partial charge in [0.15, 0.2) is 0 Å². The van der Waals surface area contributed by atoms with Crippen molar-refractivity contribution in [3.8, 4) is 11.5 Å². The lowest BCUT2D eigenvalue weighted by atomic mass is 10.0. The molecule has 1 heterocycles. The Balaban J connectivity index is 1.86. The molecule has 5 nitrogen and oxygen atoms in total. The van der Waals surface area contributed by atoms with E-state index in [4.69, 9.17) is 4.74 Å². The van der Waals surface area contributed by atoms with E-state index in [1.165, 1.54) is 0 Å². The van der Waals surface area contributed by atoms with Crippen LogP contribution in [0.25, 0.3) is 0 Å². The Hall–Kier alpha value is -2.11. The number of hydrogen-bond donors (Lipinski definition) is 3. The number of pyridine rings is 1. The Morgan fingerprint density at radius 2 is 2.14 bits per heavy atom. The zero-order valence-corrected chi connectivity index (χ0v) is 12.7. The Morgan fingerprint density at radius 1 is 1.27 bits per heavy atom. The SMILES string of the molecule is COc1ccc(O)c(CNCC(CO)Cc2ccccn2)c1. The first-order valence-electron chi connectivity index (χ1n) is 7.30. The van der Waals surface area contributed by atoms with Crippen LogP contribution in [0.1, 0.15) is 11.3 Å². The molecule has 0 saturated carbocycles. The molecule has 0 spiro atoms. The Labute approximate surface area is 130 Å². The largest absolute Gasteiger partial charge is 0.508 e. The number of aromatic hydroxyl groups is 1. The molecule has 2 aromatic rings. The lowest BCUT2D eigenvalue weighted by Gasteiger charge is -2.15. The Kier molecular flexibility index (Phi) is 6.18. The van der Waals surface area contributed by atoms with Gasteiger partial charge in [-0.2, -0.15) is 0 Å². The normalized spacial score (nSPS) is 12.1. The zero-order chi connectivity index (χ0) is 15.8. The van der Waals surface area contributed by atoms with Crippen LogP contribution in [-0.4, -0.2) is 35.5 Å². The van der Waals surface area contributed by atoms with E-state index in [2.05, 4.69) is 10.3 Å². The molecule has 3 N–H and O–H groups in total. The molecule has 0 aliphatic rings. The van der Waals surface area contributed by atoms with Crippen molar-refractivity contribution >= 4 is 0 Å². The van der Waals surface area contributed by atoms with E-state index in [9.17, 15) is 10.2 Å². The van der Waals surface area contributed by atoms with Gasteiger partial charge in [0.25, 0.3) is 0 Å². The predicted octanol–water partition coefficient (Wildman–Crippen LogP) is 1.74. The van der Waals surface area contributed by atoms with Crippen LogP contribution in [-0.2, 0) is 13.0 Å². The molecule has 1 atom stereocenters. The van der Waals surface area contributed by atoms with Crippen LogP contribution in [0, 0.1) is 5.92 Å². The van der Waals surface area contributed by atoms with Gasteiger partial charge in [-0.05, 0) is 42.7 Å². The molecule has 1 unspecified atom stereocenters. The van der Waals surface area contributed by atoms with E-state index in [-0.39, 0.29) is 18.3 Å². The van der Waals surface area contributed by atoms with Gasteiger partial charge in [0.05, 0.1) is 7.11 Å². The van der Waals surface area contributed by atoms with Gasteiger partial charge in [-0.1, -0.05) is 6.07 Å². The molecule has 2 rings (SSSR count). The third-order valence-corrected chi connectivity index (χ3v) is 3.52. The van der Waals surface area contributed by atoms with Gasteiger partial charge in [0.1, 0.15) is 11.5 Å². The number of rotatable bonds is 8. The van der Waals surface area contributed by atoms with Crippen molar-refractivity contribution in [3.05, 3.63) is 53.9 Å². The summed E-state index contributed by atoms with van der Waals surface area (Å²) in [5.74, 6) is 1.03. The topological polar surface area (TPSA) is 74.6 Å². The van der Waals surface area contributed by atoms with Gasteiger partial charge in [-0.25, -0.2) is 0 Å². The van der Waals surface area contributed by atoms with Crippen LogP contribution in [0.4, 0.5) is 0 Å². The summed E-state index contributed by atoms with van der Waals surface area (Å²) in [7, 11) is 1.60. The van der Waals surface area contributed by atoms with Gasteiger partial charge in [-0.3, -0.25) is 4.98 Å². The molecular weight excluding hydrogens is 280 g/mol. The fraction of sp³-hybridized carbons (Fsp3) is 0.353. The van der Waals surface area contributed by atoms with E-state index >= 15 is 0 Å². The average Bonchev–Trinajstić information content (AvgIpc) is 2.56. The fourth-order valence-corrected chi connectivity index (χ4v) is 2.26. The van der Waals surface area contributed by atoms with Crippen molar-refractivity contribution in [2.75, 3.05) is 20.3 Å². The molecule has 0 bridgehead atoms. The summed E-state index contributed by atoms with van der Waals surface area (Å²) in [5.41, 5.74) is 1.74. The number of aliphatic hydroxyl groups excluding tert-OH is 1. The highest BCUT2D eigenvalue weighted by molar-refractivity contribution is 5.39. The maximum absolute atomic E-state index is 9.83. The van der Waals surface area contributed by atoms with Gasteiger partial charge in [-0.15, -0.1) is 0 Å². The molecule has 0 fully saturated rings. The smallest absolute Gasteiger partial charge is 0.120 e. The molecule has 5 heteroatoms. The van der Waals surface area contributed by atoms with Gasteiger partial charge >= 0.3 is 0 Å². The molecule has 1 aromatic heterocycles. The number of hydrogen-bond acceptors (Lipinski definition) is 5. The van der Waals surface area contributed by atoms with Crippen molar-refractivity contribution in [1.29, 1.82) is 0 Å². The van der Waals surface area contributed by atoms with Crippen molar-refractivity contribution in [2.45, 2.75) is 13.0 Å². The molecule has 0 aliphatic heterocycles. The van der Waals surface area contributed by atoms with Crippen LogP contribution in [0.3, 0.4) is 0 Å². The van der Waals surface area contributed by atoms with E-state index < -0.39 is 0 Å². The van der Waals surface area contributed by atoms with Crippen molar-refractivity contribution in [2.24, 2.45) is 5.92 Å². The van der Waals surface area contributed by atoms with Crippen LogP contribution in [0.5, 0.6) is 11.5 Å².